The quantitative estimate of drug-likeness (QED) is 0.873. The molecule has 0 atom stereocenters. The molecular formula is C18H21ClN4O. The molecular weight excluding hydrogens is 324 g/mol. The summed E-state index contributed by atoms with van der Waals surface area (Å²) in [6.07, 6.45) is 4.44. The van der Waals surface area contributed by atoms with Gasteiger partial charge in [-0.2, -0.15) is 0 Å². The number of aromatic nitrogens is 2. The molecule has 1 saturated carbocycles. The third-order valence-electron chi connectivity index (χ3n) is 4.29. The van der Waals surface area contributed by atoms with E-state index in [1.807, 2.05) is 32.0 Å². The van der Waals surface area contributed by atoms with Gasteiger partial charge in [-0.15, -0.1) is 0 Å². The number of nitrogens with one attached hydrogen (secondary N) is 2. The zero-order chi connectivity index (χ0) is 17.1. The number of anilines is 2. The number of hydrogen-bond donors (Lipinski definition) is 2. The fraction of sp³-hybridized carbons (Fsp3) is 0.389. The van der Waals surface area contributed by atoms with Gasteiger partial charge in [0.15, 0.2) is 0 Å². The lowest BCUT2D eigenvalue weighted by Gasteiger charge is -2.13. The first kappa shape index (κ1) is 16.7. The van der Waals surface area contributed by atoms with Crippen LogP contribution < -0.4 is 10.6 Å². The Labute approximate surface area is 146 Å². The van der Waals surface area contributed by atoms with Crippen molar-refractivity contribution in [3.8, 4) is 0 Å². The van der Waals surface area contributed by atoms with Crippen molar-refractivity contribution in [1.29, 1.82) is 0 Å². The molecule has 3 rings (SSSR count). The Morgan fingerprint density at radius 2 is 1.96 bits per heavy atom. The molecule has 0 saturated heterocycles. The molecule has 0 spiro atoms. The normalized spacial score (nSPS) is 14.6. The van der Waals surface area contributed by atoms with E-state index in [4.69, 9.17) is 11.6 Å². The van der Waals surface area contributed by atoms with E-state index in [0.29, 0.717) is 16.7 Å². The van der Waals surface area contributed by atoms with E-state index in [1.165, 1.54) is 12.8 Å². The highest BCUT2D eigenvalue weighted by Gasteiger charge is 2.19. The zero-order valence-corrected chi connectivity index (χ0v) is 14.7. The highest BCUT2D eigenvalue weighted by molar-refractivity contribution is 6.31. The third kappa shape index (κ3) is 3.85. The molecule has 126 valence electrons. The molecule has 1 fully saturated rings. The number of carbonyl (C=O) groups is 1. The van der Waals surface area contributed by atoms with Crippen molar-refractivity contribution in [2.45, 2.75) is 45.6 Å². The largest absolute Gasteiger partial charge is 0.348 e. The van der Waals surface area contributed by atoms with Gasteiger partial charge in [-0.05, 0) is 50.5 Å². The molecule has 1 amide bonds. The smallest absolute Gasteiger partial charge is 0.270 e. The number of hydrogen-bond acceptors (Lipinski definition) is 4. The fourth-order valence-corrected chi connectivity index (χ4v) is 3.11. The van der Waals surface area contributed by atoms with Gasteiger partial charge in [-0.25, -0.2) is 9.97 Å². The van der Waals surface area contributed by atoms with Crippen LogP contribution in [-0.2, 0) is 0 Å². The Morgan fingerprint density at radius 1 is 1.21 bits per heavy atom. The Bertz CT molecular complexity index is 757. The van der Waals surface area contributed by atoms with Crippen LogP contribution in [0.1, 0.15) is 47.4 Å². The van der Waals surface area contributed by atoms with Gasteiger partial charge in [0.2, 0.25) is 5.95 Å². The Kier molecular flexibility index (Phi) is 5.00. The van der Waals surface area contributed by atoms with Crippen LogP contribution in [0, 0.1) is 13.8 Å². The van der Waals surface area contributed by atoms with Gasteiger partial charge >= 0.3 is 0 Å². The summed E-state index contributed by atoms with van der Waals surface area (Å²) in [4.78, 5) is 21.2. The number of halogens is 1. The standard InChI is InChI=1S/C18H21ClN4O/c1-11-10-16(17(24)21-13-6-3-4-7-13)23-18(20-11)22-15-9-5-8-14(19)12(15)2/h5,8-10,13H,3-4,6-7H2,1-2H3,(H,21,24)(H,20,22,23). The number of aryl methyl sites for hydroxylation is 1. The molecule has 1 aliphatic rings. The molecule has 1 aliphatic carbocycles. The van der Waals surface area contributed by atoms with E-state index < -0.39 is 0 Å². The van der Waals surface area contributed by atoms with Crippen LogP contribution >= 0.6 is 11.6 Å². The molecule has 5 nitrogen and oxygen atoms in total. The van der Waals surface area contributed by atoms with Gasteiger partial charge in [0.1, 0.15) is 5.69 Å². The lowest BCUT2D eigenvalue weighted by atomic mass is 10.2. The summed E-state index contributed by atoms with van der Waals surface area (Å²) in [7, 11) is 0. The van der Waals surface area contributed by atoms with Crippen LogP contribution in [0.2, 0.25) is 5.02 Å². The molecule has 24 heavy (non-hydrogen) atoms. The van der Waals surface area contributed by atoms with E-state index in [-0.39, 0.29) is 11.9 Å². The second-order valence-corrected chi connectivity index (χ2v) is 6.62. The Balaban J connectivity index is 1.80. The van der Waals surface area contributed by atoms with Crippen LogP contribution in [0.3, 0.4) is 0 Å². The number of benzene rings is 1. The monoisotopic (exact) mass is 344 g/mol. The van der Waals surface area contributed by atoms with E-state index in [1.54, 1.807) is 6.07 Å². The summed E-state index contributed by atoms with van der Waals surface area (Å²) in [6, 6.07) is 7.58. The van der Waals surface area contributed by atoms with Gasteiger partial charge in [0.25, 0.3) is 5.91 Å². The molecule has 2 N–H and O–H groups in total. The van der Waals surface area contributed by atoms with Crippen LogP contribution in [0.15, 0.2) is 24.3 Å². The lowest BCUT2D eigenvalue weighted by Crippen LogP contribution is -2.33. The summed E-state index contributed by atoms with van der Waals surface area (Å²) in [5.41, 5.74) is 2.87. The third-order valence-corrected chi connectivity index (χ3v) is 4.70. The van der Waals surface area contributed by atoms with Crippen LogP contribution in [0.4, 0.5) is 11.6 Å². The van der Waals surface area contributed by atoms with Crippen molar-refractivity contribution in [2.75, 3.05) is 5.32 Å². The molecule has 1 aromatic carbocycles. The Hall–Kier alpha value is -2.14. The summed E-state index contributed by atoms with van der Waals surface area (Å²) in [5, 5.41) is 6.88. The SMILES string of the molecule is Cc1cc(C(=O)NC2CCCC2)nc(Nc2cccc(Cl)c2C)n1. The molecule has 0 bridgehead atoms. The van der Waals surface area contributed by atoms with Crippen molar-refractivity contribution in [3.63, 3.8) is 0 Å². The van der Waals surface area contributed by atoms with Crippen LogP contribution in [0.5, 0.6) is 0 Å². The van der Waals surface area contributed by atoms with Gasteiger partial charge in [-0.1, -0.05) is 30.5 Å². The predicted molar refractivity (Wildman–Crippen MR) is 96.0 cm³/mol. The number of carbonyl (C=O) groups excluding carboxylic acids is 1. The second-order valence-electron chi connectivity index (χ2n) is 6.21. The maximum atomic E-state index is 12.4. The first-order valence-electron chi connectivity index (χ1n) is 8.21. The van der Waals surface area contributed by atoms with Gasteiger partial charge < -0.3 is 10.6 Å². The fourth-order valence-electron chi connectivity index (χ4n) is 2.93. The lowest BCUT2D eigenvalue weighted by molar-refractivity contribution is 0.0932. The predicted octanol–water partition coefficient (Wildman–Crippen LogP) is 4.16. The van der Waals surface area contributed by atoms with Crippen molar-refractivity contribution in [3.05, 3.63) is 46.2 Å². The maximum absolute atomic E-state index is 12.4. The highest BCUT2D eigenvalue weighted by atomic mass is 35.5. The van der Waals surface area contributed by atoms with E-state index in [9.17, 15) is 4.79 Å². The first-order valence-corrected chi connectivity index (χ1v) is 8.59. The maximum Gasteiger partial charge on any atom is 0.270 e. The van der Waals surface area contributed by atoms with E-state index >= 15 is 0 Å². The summed E-state index contributed by atoms with van der Waals surface area (Å²) >= 11 is 6.14. The van der Waals surface area contributed by atoms with Crippen molar-refractivity contribution >= 4 is 29.1 Å². The number of nitrogens with zero attached hydrogens (tertiary/aromatic N) is 2. The minimum atomic E-state index is -0.140. The molecule has 2 aromatic rings. The summed E-state index contributed by atoms with van der Waals surface area (Å²) < 4.78 is 0. The van der Waals surface area contributed by atoms with Crippen LogP contribution in [-0.4, -0.2) is 21.9 Å². The van der Waals surface area contributed by atoms with Gasteiger partial charge in [-0.3, -0.25) is 4.79 Å². The minimum absolute atomic E-state index is 0.140. The number of amides is 1. The van der Waals surface area contributed by atoms with Crippen molar-refractivity contribution in [2.24, 2.45) is 0 Å². The summed E-state index contributed by atoms with van der Waals surface area (Å²) in [6.45, 7) is 3.78. The van der Waals surface area contributed by atoms with Crippen molar-refractivity contribution < 1.29 is 4.79 Å². The minimum Gasteiger partial charge on any atom is -0.348 e. The molecule has 0 unspecified atom stereocenters. The topological polar surface area (TPSA) is 66.9 Å². The average Bonchev–Trinajstić information content (AvgIpc) is 3.04. The second kappa shape index (κ2) is 7.18. The highest BCUT2D eigenvalue weighted by Crippen LogP contribution is 2.25. The first-order chi connectivity index (χ1) is 11.5. The molecule has 0 aliphatic heterocycles. The summed E-state index contributed by atoms with van der Waals surface area (Å²) in [5.74, 6) is 0.259. The van der Waals surface area contributed by atoms with E-state index in [2.05, 4.69) is 20.6 Å². The average molecular weight is 345 g/mol. The molecule has 0 radical (unpaired) electrons. The van der Waals surface area contributed by atoms with Crippen molar-refractivity contribution in [1.82, 2.24) is 15.3 Å². The number of rotatable bonds is 4. The molecule has 1 heterocycles. The van der Waals surface area contributed by atoms with E-state index in [0.717, 1.165) is 29.8 Å². The van der Waals surface area contributed by atoms with Crippen LogP contribution in [0.25, 0.3) is 0 Å². The molecule has 6 heteroatoms. The van der Waals surface area contributed by atoms with Gasteiger partial charge in [0, 0.05) is 22.4 Å². The Morgan fingerprint density at radius 3 is 2.71 bits per heavy atom. The molecule has 1 aromatic heterocycles. The van der Waals surface area contributed by atoms with Gasteiger partial charge in [0.05, 0.1) is 0 Å². The zero-order valence-electron chi connectivity index (χ0n) is 13.9.